The molecule has 2 unspecified atom stereocenters. The molecule has 0 radical (unpaired) electrons. The van der Waals surface area contributed by atoms with Crippen LogP contribution in [-0.4, -0.2) is 33.5 Å². The molecule has 0 saturated heterocycles. The lowest BCUT2D eigenvalue weighted by Gasteiger charge is -2.45. The van der Waals surface area contributed by atoms with Gasteiger partial charge in [0.05, 0.1) is 24.2 Å². The minimum absolute atomic E-state index is 0.0463. The number of carboxylic acids is 1. The molecule has 31 heavy (non-hydrogen) atoms. The van der Waals surface area contributed by atoms with Crippen LogP contribution in [-0.2, 0) is 10.2 Å². The fourth-order valence-corrected chi connectivity index (χ4v) is 6.46. The van der Waals surface area contributed by atoms with Crippen molar-refractivity contribution in [2.45, 2.75) is 88.3 Å². The second kappa shape index (κ2) is 11.3. The Morgan fingerprint density at radius 3 is 2.71 bits per heavy atom. The molecule has 1 aromatic heterocycles. The summed E-state index contributed by atoms with van der Waals surface area (Å²) < 4.78 is 0. The Morgan fingerprint density at radius 1 is 1.32 bits per heavy atom. The van der Waals surface area contributed by atoms with Crippen molar-refractivity contribution in [2.75, 3.05) is 0 Å². The van der Waals surface area contributed by atoms with Crippen LogP contribution >= 0.6 is 11.3 Å². The standard InChI is InChI=1S/C25H35NO4S/c26-17-18-16-21(27)20(19(18)8-3-1-2-4-12-24(29)30)9-5-10-22(28)25(13-7-14-25)23-11-6-15-31-23/h5-6,9,11,15,18-22,27-28H,1-4,7-8,10,12-14,16H2,(H,29,30)/b9-5+/t18-,19?,20+,21+,22?/m0/s1. The average Bonchev–Trinajstić information content (AvgIpc) is 3.33. The van der Waals surface area contributed by atoms with Crippen molar-refractivity contribution >= 4 is 17.3 Å². The average molecular weight is 446 g/mol. The van der Waals surface area contributed by atoms with Crippen LogP contribution in [0.1, 0.15) is 75.5 Å². The molecule has 0 spiro atoms. The second-order valence-electron chi connectivity index (χ2n) is 9.29. The largest absolute Gasteiger partial charge is 0.481 e. The predicted octanol–water partition coefficient (Wildman–Crippen LogP) is 5.04. The van der Waals surface area contributed by atoms with E-state index in [9.17, 15) is 20.3 Å². The van der Waals surface area contributed by atoms with Crippen molar-refractivity contribution in [1.29, 1.82) is 5.26 Å². The van der Waals surface area contributed by atoms with E-state index < -0.39 is 18.2 Å². The van der Waals surface area contributed by atoms with Gasteiger partial charge in [-0.2, -0.15) is 5.26 Å². The van der Waals surface area contributed by atoms with Gasteiger partial charge >= 0.3 is 5.97 Å². The maximum atomic E-state index is 11.0. The molecule has 6 heteroatoms. The van der Waals surface area contributed by atoms with E-state index in [1.54, 1.807) is 11.3 Å². The Kier molecular flexibility index (Phi) is 8.71. The molecule has 2 aliphatic rings. The number of hydrogen-bond acceptors (Lipinski definition) is 5. The van der Waals surface area contributed by atoms with Crippen molar-refractivity contribution in [1.82, 2.24) is 0 Å². The van der Waals surface area contributed by atoms with Crippen LogP contribution in [0, 0.1) is 29.1 Å². The molecule has 170 valence electrons. The van der Waals surface area contributed by atoms with E-state index in [-0.39, 0.29) is 29.6 Å². The molecule has 2 saturated carbocycles. The minimum atomic E-state index is -0.751. The molecule has 2 fully saturated rings. The zero-order chi connectivity index (χ0) is 22.3. The van der Waals surface area contributed by atoms with Gasteiger partial charge in [-0.3, -0.25) is 4.79 Å². The number of nitriles is 1. The van der Waals surface area contributed by atoms with Crippen LogP contribution in [0.25, 0.3) is 0 Å². The quantitative estimate of drug-likeness (QED) is 0.309. The lowest BCUT2D eigenvalue weighted by Crippen LogP contribution is -2.44. The number of hydrogen-bond donors (Lipinski definition) is 3. The molecule has 0 aliphatic heterocycles. The number of carbonyl (C=O) groups is 1. The Morgan fingerprint density at radius 2 is 2.10 bits per heavy atom. The van der Waals surface area contributed by atoms with E-state index in [4.69, 9.17) is 5.11 Å². The van der Waals surface area contributed by atoms with Gasteiger partial charge < -0.3 is 15.3 Å². The van der Waals surface area contributed by atoms with E-state index in [2.05, 4.69) is 17.5 Å². The van der Waals surface area contributed by atoms with E-state index in [1.807, 2.05) is 18.2 Å². The number of aliphatic hydroxyl groups is 2. The third-order valence-corrected chi connectivity index (χ3v) is 8.50. The molecule has 2 aliphatic carbocycles. The molecule has 1 aromatic rings. The summed E-state index contributed by atoms with van der Waals surface area (Å²) in [4.78, 5) is 11.9. The van der Waals surface area contributed by atoms with E-state index >= 15 is 0 Å². The van der Waals surface area contributed by atoms with Crippen LogP contribution in [0.15, 0.2) is 29.7 Å². The van der Waals surface area contributed by atoms with Crippen molar-refractivity contribution in [3.05, 3.63) is 34.5 Å². The first-order valence-electron chi connectivity index (χ1n) is 11.7. The summed E-state index contributed by atoms with van der Waals surface area (Å²) in [5.74, 6) is -0.811. The normalized spacial score (nSPS) is 28.3. The molecule has 5 nitrogen and oxygen atoms in total. The van der Waals surface area contributed by atoms with Gasteiger partial charge in [-0.15, -0.1) is 11.3 Å². The van der Waals surface area contributed by atoms with Gasteiger partial charge in [0.25, 0.3) is 0 Å². The van der Waals surface area contributed by atoms with Crippen molar-refractivity contribution in [3.63, 3.8) is 0 Å². The topological polar surface area (TPSA) is 102 Å². The Bertz CT molecular complexity index is 765. The number of aliphatic hydroxyl groups excluding tert-OH is 2. The first kappa shape index (κ1) is 24.0. The second-order valence-corrected chi connectivity index (χ2v) is 10.2. The fraction of sp³-hybridized carbons (Fsp3) is 0.680. The van der Waals surface area contributed by atoms with Crippen molar-refractivity contribution in [3.8, 4) is 6.07 Å². The smallest absolute Gasteiger partial charge is 0.303 e. The molecule has 5 atom stereocenters. The molecular weight excluding hydrogens is 410 g/mol. The SMILES string of the molecule is N#C[C@@H]1C[C@@H](O)[C@H](/C=C/CC(O)C2(c3cccs3)CCC2)C1CCCCCCC(=O)O. The number of unbranched alkanes of at least 4 members (excludes halogenated alkanes) is 3. The highest BCUT2D eigenvalue weighted by atomic mass is 32.1. The van der Waals surface area contributed by atoms with Crippen LogP contribution in [0.4, 0.5) is 0 Å². The first-order valence-corrected chi connectivity index (χ1v) is 12.5. The fourth-order valence-electron chi connectivity index (χ4n) is 5.42. The Balaban J connectivity index is 1.53. The van der Waals surface area contributed by atoms with Crippen molar-refractivity contribution in [2.24, 2.45) is 17.8 Å². The van der Waals surface area contributed by atoms with E-state index in [0.717, 1.165) is 44.9 Å². The van der Waals surface area contributed by atoms with Gasteiger partial charge in [-0.05, 0) is 55.9 Å². The van der Waals surface area contributed by atoms with Gasteiger partial charge in [-0.1, -0.05) is 43.9 Å². The third-order valence-electron chi connectivity index (χ3n) is 7.41. The molecule has 0 aromatic carbocycles. The number of rotatable bonds is 12. The monoisotopic (exact) mass is 445 g/mol. The highest BCUT2D eigenvalue weighted by molar-refractivity contribution is 7.10. The zero-order valence-electron chi connectivity index (χ0n) is 18.2. The predicted molar refractivity (Wildman–Crippen MR) is 122 cm³/mol. The Labute approximate surface area is 189 Å². The number of aliphatic carboxylic acids is 1. The maximum absolute atomic E-state index is 11.0. The first-order chi connectivity index (χ1) is 15.0. The van der Waals surface area contributed by atoms with Crippen LogP contribution in [0.3, 0.4) is 0 Å². The van der Waals surface area contributed by atoms with Gasteiger partial charge in [0.15, 0.2) is 0 Å². The number of nitrogens with zero attached hydrogens (tertiary/aromatic N) is 1. The molecule has 0 bridgehead atoms. The molecule has 3 N–H and O–H groups in total. The van der Waals surface area contributed by atoms with Crippen molar-refractivity contribution < 1.29 is 20.1 Å². The maximum Gasteiger partial charge on any atom is 0.303 e. The molecular formula is C25H35NO4S. The summed E-state index contributed by atoms with van der Waals surface area (Å²) in [5, 5.41) is 41.9. The third kappa shape index (κ3) is 5.77. The van der Waals surface area contributed by atoms with Crippen LogP contribution < -0.4 is 0 Å². The number of carboxylic acid groups (broad SMARTS) is 1. The summed E-state index contributed by atoms with van der Waals surface area (Å²) in [6.45, 7) is 0. The molecule has 1 heterocycles. The molecule has 3 rings (SSSR count). The van der Waals surface area contributed by atoms with Gasteiger partial charge in [0.2, 0.25) is 0 Å². The lowest BCUT2D eigenvalue weighted by molar-refractivity contribution is -0.137. The summed E-state index contributed by atoms with van der Waals surface area (Å²) in [6.07, 6.45) is 12.0. The van der Waals surface area contributed by atoms with Gasteiger partial charge in [0, 0.05) is 22.6 Å². The van der Waals surface area contributed by atoms with E-state index in [0.29, 0.717) is 19.3 Å². The van der Waals surface area contributed by atoms with Gasteiger partial charge in [0.1, 0.15) is 0 Å². The highest BCUT2D eigenvalue weighted by Crippen LogP contribution is 2.49. The summed E-state index contributed by atoms with van der Waals surface area (Å²) in [7, 11) is 0. The highest BCUT2D eigenvalue weighted by Gasteiger charge is 2.45. The summed E-state index contributed by atoms with van der Waals surface area (Å²) in [6, 6.07) is 6.56. The summed E-state index contributed by atoms with van der Waals surface area (Å²) in [5.41, 5.74) is -0.114. The zero-order valence-corrected chi connectivity index (χ0v) is 19.0. The van der Waals surface area contributed by atoms with Gasteiger partial charge in [-0.25, -0.2) is 0 Å². The lowest BCUT2D eigenvalue weighted by atomic mass is 9.63. The van der Waals surface area contributed by atoms with Crippen LogP contribution in [0.2, 0.25) is 0 Å². The van der Waals surface area contributed by atoms with Crippen LogP contribution in [0.5, 0.6) is 0 Å². The summed E-state index contributed by atoms with van der Waals surface area (Å²) >= 11 is 1.72. The Hall–Kier alpha value is -1.68. The minimum Gasteiger partial charge on any atom is -0.481 e. The molecule has 0 amide bonds. The van der Waals surface area contributed by atoms with E-state index in [1.165, 1.54) is 4.88 Å². The number of thiophene rings is 1.